The third kappa shape index (κ3) is 6.53. The van der Waals surface area contributed by atoms with Crippen molar-refractivity contribution in [2.45, 2.75) is 45.3 Å². The molecule has 11 nitrogen and oxygen atoms in total. The van der Waals surface area contributed by atoms with E-state index < -0.39 is 42.4 Å². The summed E-state index contributed by atoms with van der Waals surface area (Å²) in [6.45, 7) is 5.42. The van der Waals surface area contributed by atoms with Gasteiger partial charge in [-0.2, -0.15) is 0 Å². The normalized spacial score (nSPS) is 19.1. The number of carbonyl (C=O) groups excluding carboxylic acids is 3. The van der Waals surface area contributed by atoms with Gasteiger partial charge in [-0.3, -0.25) is 4.57 Å². The van der Waals surface area contributed by atoms with Gasteiger partial charge < -0.3 is 18.9 Å². The van der Waals surface area contributed by atoms with Crippen LogP contribution in [-0.2, 0) is 18.9 Å². The number of hydrogen-bond donors (Lipinski definition) is 0. The summed E-state index contributed by atoms with van der Waals surface area (Å²) in [5, 5.41) is 0. The molecule has 0 spiro atoms. The molecular weight excluding hydrogens is 656 g/mol. The maximum Gasteiger partial charge on any atom is 0.338 e. The van der Waals surface area contributed by atoms with E-state index in [9.17, 15) is 14.4 Å². The smallest absolute Gasteiger partial charge is 0.338 e. The van der Waals surface area contributed by atoms with Crippen molar-refractivity contribution >= 4 is 45.0 Å². The van der Waals surface area contributed by atoms with E-state index in [4.69, 9.17) is 18.9 Å². The third-order valence-corrected chi connectivity index (χ3v) is 8.18. The largest absolute Gasteiger partial charge is 0.459 e. The molecule has 3 heterocycles. The standard InChI is InChI=1S/C34H29BrN4O7/c1-19-4-10-22(11-5-19)32(40)43-16-25-27(45-33(41)23-12-6-20(2)7-13-23)28(46-34(42)24-14-8-21(3)9-15-24)31(44-25)39-18-38-26-29(35)36-17-37-30(26)39/h4-15,17-18,25,27-28,31H,16H2,1-3H3. The van der Waals surface area contributed by atoms with Gasteiger partial charge in [-0.25, -0.2) is 29.3 Å². The summed E-state index contributed by atoms with van der Waals surface area (Å²) in [5.41, 5.74) is 4.67. The fourth-order valence-corrected chi connectivity index (χ4v) is 5.41. The average molecular weight is 686 g/mol. The lowest BCUT2D eigenvalue weighted by atomic mass is 10.1. The minimum Gasteiger partial charge on any atom is -0.459 e. The highest BCUT2D eigenvalue weighted by molar-refractivity contribution is 9.10. The Hall–Kier alpha value is -4.94. The van der Waals surface area contributed by atoms with E-state index in [1.165, 1.54) is 12.7 Å². The van der Waals surface area contributed by atoms with E-state index in [1.807, 2.05) is 20.8 Å². The monoisotopic (exact) mass is 684 g/mol. The van der Waals surface area contributed by atoms with Gasteiger partial charge in [0, 0.05) is 0 Å². The molecule has 1 aliphatic rings. The van der Waals surface area contributed by atoms with Crippen molar-refractivity contribution in [2.75, 3.05) is 6.61 Å². The maximum absolute atomic E-state index is 13.5. The van der Waals surface area contributed by atoms with Gasteiger partial charge in [-0.1, -0.05) is 53.1 Å². The average Bonchev–Trinajstić information content (AvgIpc) is 3.62. The molecule has 3 aromatic carbocycles. The molecule has 0 N–H and O–H groups in total. The van der Waals surface area contributed by atoms with Crippen LogP contribution >= 0.6 is 15.9 Å². The van der Waals surface area contributed by atoms with Crippen LogP contribution in [0.3, 0.4) is 0 Å². The topological polar surface area (TPSA) is 132 Å². The quantitative estimate of drug-likeness (QED) is 0.114. The SMILES string of the molecule is Cc1ccc(C(=O)OCC2OC(n3cnc4c(Br)ncnc43)C(OC(=O)c3ccc(C)cc3)C2OC(=O)c2ccc(C)cc2)cc1. The molecule has 4 unspecified atom stereocenters. The van der Waals surface area contributed by atoms with Crippen LogP contribution < -0.4 is 0 Å². The van der Waals surface area contributed by atoms with Gasteiger partial charge in [0.15, 0.2) is 24.1 Å². The Morgan fingerprint density at radius 2 is 1.22 bits per heavy atom. The molecule has 2 aromatic heterocycles. The molecule has 46 heavy (non-hydrogen) atoms. The number of aryl methyl sites for hydroxylation is 3. The van der Waals surface area contributed by atoms with E-state index in [2.05, 4.69) is 30.9 Å². The van der Waals surface area contributed by atoms with Crippen molar-refractivity contribution in [3.63, 3.8) is 0 Å². The number of benzene rings is 3. The fourth-order valence-electron chi connectivity index (χ4n) is 5.04. The van der Waals surface area contributed by atoms with Crippen LogP contribution in [0.2, 0.25) is 0 Å². The van der Waals surface area contributed by atoms with Crippen LogP contribution in [0, 0.1) is 20.8 Å². The summed E-state index contributed by atoms with van der Waals surface area (Å²) in [6.07, 6.45) is -1.67. The van der Waals surface area contributed by atoms with E-state index >= 15 is 0 Å². The lowest BCUT2D eigenvalue weighted by Crippen LogP contribution is -2.41. The minimum atomic E-state index is -1.20. The Morgan fingerprint density at radius 1 is 0.717 bits per heavy atom. The van der Waals surface area contributed by atoms with E-state index in [1.54, 1.807) is 77.4 Å². The summed E-state index contributed by atoms with van der Waals surface area (Å²) in [6, 6.07) is 20.7. The number of ether oxygens (including phenoxy) is 4. The zero-order valence-electron chi connectivity index (χ0n) is 25.1. The lowest BCUT2D eigenvalue weighted by molar-refractivity contribution is -0.0606. The van der Waals surface area contributed by atoms with Crippen molar-refractivity contribution < 1.29 is 33.3 Å². The highest BCUT2D eigenvalue weighted by Gasteiger charge is 2.52. The Kier molecular flexibility index (Phi) is 8.91. The van der Waals surface area contributed by atoms with Gasteiger partial charge in [-0.15, -0.1) is 0 Å². The van der Waals surface area contributed by atoms with Crippen LogP contribution in [0.4, 0.5) is 0 Å². The van der Waals surface area contributed by atoms with E-state index in [-0.39, 0.29) is 12.2 Å². The number of imidazole rings is 1. The molecule has 6 rings (SSSR count). The van der Waals surface area contributed by atoms with Crippen LogP contribution in [0.1, 0.15) is 54.0 Å². The van der Waals surface area contributed by atoms with Crippen molar-refractivity contribution in [1.29, 1.82) is 0 Å². The lowest BCUT2D eigenvalue weighted by Gasteiger charge is -2.25. The molecule has 4 atom stereocenters. The van der Waals surface area contributed by atoms with Crippen LogP contribution in [0.15, 0.2) is 90.1 Å². The van der Waals surface area contributed by atoms with Gasteiger partial charge in [0.05, 0.1) is 23.0 Å². The van der Waals surface area contributed by atoms with Crippen molar-refractivity contribution in [3.05, 3.63) is 123 Å². The highest BCUT2D eigenvalue weighted by atomic mass is 79.9. The summed E-state index contributed by atoms with van der Waals surface area (Å²) in [7, 11) is 0. The molecule has 1 saturated heterocycles. The minimum absolute atomic E-state index is 0.290. The van der Waals surface area contributed by atoms with Gasteiger partial charge in [0.25, 0.3) is 0 Å². The number of rotatable bonds is 8. The van der Waals surface area contributed by atoms with Crippen LogP contribution in [-0.4, -0.2) is 62.3 Å². The van der Waals surface area contributed by atoms with Gasteiger partial charge in [0.2, 0.25) is 0 Å². The molecule has 1 aliphatic heterocycles. The van der Waals surface area contributed by atoms with Crippen molar-refractivity contribution in [1.82, 2.24) is 19.5 Å². The summed E-state index contributed by atoms with van der Waals surface area (Å²) in [5.74, 6) is -1.91. The Balaban J connectivity index is 1.37. The number of nitrogens with zero attached hydrogens (tertiary/aromatic N) is 4. The third-order valence-electron chi connectivity index (χ3n) is 7.60. The molecule has 0 aliphatic carbocycles. The first-order valence-corrected chi connectivity index (χ1v) is 15.2. The molecule has 0 radical (unpaired) electrons. The van der Waals surface area contributed by atoms with Crippen LogP contribution in [0.25, 0.3) is 11.2 Å². The first-order valence-electron chi connectivity index (χ1n) is 14.5. The number of carbonyl (C=O) groups is 3. The second-order valence-corrected chi connectivity index (χ2v) is 11.7. The fraction of sp³-hybridized carbons (Fsp3) is 0.235. The zero-order valence-corrected chi connectivity index (χ0v) is 26.7. The van der Waals surface area contributed by atoms with Crippen LogP contribution in [0.5, 0.6) is 0 Å². The predicted molar refractivity (Wildman–Crippen MR) is 169 cm³/mol. The molecule has 12 heteroatoms. The number of esters is 3. The van der Waals surface area contributed by atoms with Gasteiger partial charge in [0.1, 0.15) is 29.2 Å². The Bertz CT molecular complexity index is 1890. The maximum atomic E-state index is 13.5. The molecule has 0 bridgehead atoms. The summed E-state index contributed by atoms with van der Waals surface area (Å²) < 4.78 is 26.2. The molecule has 234 valence electrons. The van der Waals surface area contributed by atoms with Gasteiger partial charge >= 0.3 is 17.9 Å². The Morgan fingerprint density at radius 3 is 1.76 bits per heavy atom. The van der Waals surface area contributed by atoms with Crippen molar-refractivity contribution in [3.8, 4) is 0 Å². The molecule has 0 amide bonds. The molecular formula is C34H29BrN4O7. The number of halogens is 1. The second-order valence-electron chi connectivity index (χ2n) is 11.0. The second kappa shape index (κ2) is 13.2. The molecule has 0 saturated carbocycles. The zero-order chi connectivity index (χ0) is 32.4. The number of aromatic nitrogens is 4. The summed E-state index contributed by atoms with van der Waals surface area (Å²) >= 11 is 3.39. The van der Waals surface area contributed by atoms with E-state index in [0.29, 0.717) is 26.9 Å². The first kappa shape index (κ1) is 31.1. The predicted octanol–water partition coefficient (Wildman–Crippen LogP) is 5.72. The number of fused-ring (bicyclic) bond motifs is 1. The summed E-state index contributed by atoms with van der Waals surface area (Å²) in [4.78, 5) is 52.9. The first-order chi connectivity index (χ1) is 22.2. The highest BCUT2D eigenvalue weighted by Crippen LogP contribution is 2.37. The molecule has 1 fully saturated rings. The Labute approximate surface area is 272 Å². The van der Waals surface area contributed by atoms with Gasteiger partial charge in [-0.05, 0) is 73.1 Å². The number of hydrogen-bond acceptors (Lipinski definition) is 10. The molecule has 5 aromatic rings. The van der Waals surface area contributed by atoms with Crippen molar-refractivity contribution in [2.24, 2.45) is 0 Å². The van der Waals surface area contributed by atoms with E-state index in [0.717, 1.165) is 16.7 Å².